The van der Waals surface area contributed by atoms with Gasteiger partial charge in [-0.1, -0.05) is 5.16 Å². The Hall–Kier alpha value is -0.900. The first-order valence-corrected chi connectivity index (χ1v) is 4.24. The molecule has 0 radical (unpaired) electrons. The van der Waals surface area contributed by atoms with E-state index < -0.39 is 0 Å². The second kappa shape index (κ2) is 2.86. The Balaban J connectivity index is 2.11. The van der Waals surface area contributed by atoms with Crippen LogP contribution >= 0.6 is 0 Å². The van der Waals surface area contributed by atoms with E-state index in [0.29, 0.717) is 5.92 Å². The summed E-state index contributed by atoms with van der Waals surface area (Å²) in [7, 11) is 2.11. The van der Waals surface area contributed by atoms with Gasteiger partial charge in [0, 0.05) is 6.54 Å². The molecular formula is C8H13N3O. The van der Waals surface area contributed by atoms with Crippen LogP contribution in [-0.4, -0.2) is 35.2 Å². The van der Waals surface area contributed by atoms with Crippen LogP contribution in [0.4, 0.5) is 0 Å². The zero-order valence-electron chi connectivity index (χ0n) is 7.45. The second-order valence-corrected chi connectivity index (χ2v) is 3.43. The van der Waals surface area contributed by atoms with Gasteiger partial charge in [-0.05, 0) is 26.9 Å². The third-order valence-electron chi connectivity index (χ3n) is 2.28. The number of hydrogen-bond donors (Lipinski definition) is 0. The van der Waals surface area contributed by atoms with Gasteiger partial charge in [-0.15, -0.1) is 0 Å². The van der Waals surface area contributed by atoms with E-state index >= 15 is 0 Å². The van der Waals surface area contributed by atoms with E-state index in [1.807, 2.05) is 6.92 Å². The number of likely N-dealkylation sites (N-methyl/N-ethyl adjacent to an activating group) is 1. The van der Waals surface area contributed by atoms with Crippen molar-refractivity contribution in [2.24, 2.45) is 0 Å². The summed E-state index contributed by atoms with van der Waals surface area (Å²) in [5.74, 6) is 1.99. The third kappa shape index (κ3) is 1.34. The lowest BCUT2D eigenvalue weighted by molar-refractivity contribution is 0.342. The van der Waals surface area contributed by atoms with E-state index in [1.165, 1.54) is 0 Å². The van der Waals surface area contributed by atoms with E-state index in [1.54, 1.807) is 0 Å². The van der Waals surface area contributed by atoms with Crippen molar-refractivity contribution in [3.63, 3.8) is 0 Å². The molecule has 2 rings (SSSR count). The minimum Gasteiger partial charge on any atom is -0.339 e. The summed E-state index contributed by atoms with van der Waals surface area (Å²) in [6.07, 6.45) is 1.14. The van der Waals surface area contributed by atoms with Gasteiger partial charge in [-0.2, -0.15) is 4.98 Å². The van der Waals surface area contributed by atoms with E-state index in [-0.39, 0.29) is 0 Å². The van der Waals surface area contributed by atoms with Crippen molar-refractivity contribution in [3.05, 3.63) is 11.7 Å². The molecule has 12 heavy (non-hydrogen) atoms. The monoisotopic (exact) mass is 167 g/mol. The van der Waals surface area contributed by atoms with Crippen LogP contribution in [0.15, 0.2) is 4.52 Å². The summed E-state index contributed by atoms with van der Waals surface area (Å²) in [6, 6.07) is 0. The van der Waals surface area contributed by atoms with Gasteiger partial charge in [0.2, 0.25) is 5.89 Å². The molecule has 0 bridgehead atoms. The van der Waals surface area contributed by atoms with Crippen molar-refractivity contribution in [2.75, 3.05) is 20.1 Å². The first-order valence-electron chi connectivity index (χ1n) is 4.24. The average Bonchev–Trinajstić information content (AvgIpc) is 2.58. The molecule has 0 spiro atoms. The first-order chi connectivity index (χ1) is 5.75. The maximum atomic E-state index is 5.11. The molecule has 0 aromatic carbocycles. The molecule has 1 aromatic heterocycles. The number of aryl methyl sites for hydroxylation is 1. The molecule has 0 aliphatic carbocycles. The average molecular weight is 167 g/mol. The molecule has 4 nitrogen and oxygen atoms in total. The van der Waals surface area contributed by atoms with Gasteiger partial charge >= 0.3 is 0 Å². The predicted octanol–water partition coefficient (Wildman–Crippen LogP) is 0.797. The number of aromatic nitrogens is 2. The van der Waals surface area contributed by atoms with E-state index in [2.05, 4.69) is 22.1 Å². The van der Waals surface area contributed by atoms with E-state index in [9.17, 15) is 0 Å². The summed E-state index contributed by atoms with van der Waals surface area (Å²) in [4.78, 5) is 6.50. The molecule has 0 amide bonds. The molecule has 0 saturated carbocycles. The highest BCUT2D eigenvalue weighted by atomic mass is 16.5. The molecule has 1 aliphatic heterocycles. The SMILES string of the molecule is Cc1noc([C@H]2CCN(C)C2)n1. The van der Waals surface area contributed by atoms with Gasteiger partial charge in [0.05, 0.1) is 5.92 Å². The van der Waals surface area contributed by atoms with Crippen molar-refractivity contribution < 1.29 is 4.52 Å². The Kier molecular flexibility index (Phi) is 1.84. The molecule has 1 aliphatic rings. The Morgan fingerprint density at radius 2 is 2.42 bits per heavy atom. The normalized spacial score (nSPS) is 25.0. The van der Waals surface area contributed by atoms with Crippen LogP contribution in [0.25, 0.3) is 0 Å². The van der Waals surface area contributed by atoms with Crippen LogP contribution < -0.4 is 0 Å². The van der Waals surface area contributed by atoms with E-state index in [0.717, 1.165) is 31.2 Å². The number of nitrogens with zero attached hydrogens (tertiary/aromatic N) is 3. The predicted molar refractivity (Wildman–Crippen MR) is 43.9 cm³/mol. The molecule has 0 unspecified atom stereocenters. The second-order valence-electron chi connectivity index (χ2n) is 3.43. The van der Waals surface area contributed by atoms with Crippen molar-refractivity contribution in [1.82, 2.24) is 15.0 Å². The molecular weight excluding hydrogens is 154 g/mol. The van der Waals surface area contributed by atoms with Crippen molar-refractivity contribution in [1.29, 1.82) is 0 Å². The highest BCUT2D eigenvalue weighted by Crippen LogP contribution is 2.24. The van der Waals surface area contributed by atoms with Gasteiger partial charge in [0.25, 0.3) is 0 Å². The Morgan fingerprint density at radius 3 is 2.92 bits per heavy atom. The standard InChI is InChI=1S/C8H13N3O/c1-6-9-8(12-10-6)7-3-4-11(2)5-7/h7H,3-5H2,1-2H3/t7-/m0/s1. The van der Waals surface area contributed by atoms with Gasteiger partial charge in [0.15, 0.2) is 5.82 Å². The maximum Gasteiger partial charge on any atom is 0.231 e. The number of rotatable bonds is 1. The molecule has 0 N–H and O–H groups in total. The summed E-state index contributed by atoms with van der Waals surface area (Å²) < 4.78 is 5.11. The van der Waals surface area contributed by atoms with Crippen LogP contribution in [0.3, 0.4) is 0 Å². The Bertz CT molecular complexity index is 271. The molecule has 1 fully saturated rings. The summed E-state index contributed by atoms with van der Waals surface area (Å²) in [5.41, 5.74) is 0. The molecule has 66 valence electrons. The van der Waals surface area contributed by atoms with Crippen LogP contribution in [0.1, 0.15) is 24.1 Å². The van der Waals surface area contributed by atoms with Crippen molar-refractivity contribution in [3.8, 4) is 0 Å². The Labute approximate surface area is 71.6 Å². The lowest BCUT2D eigenvalue weighted by Gasteiger charge is -2.04. The zero-order valence-corrected chi connectivity index (χ0v) is 7.45. The van der Waals surface area contributed by atoms with Crippen LogP contribution in [0.5, 0.6) is 0 Å². The fourth-order valence-electron chi connectivity index (χ4n) is 1.62. The summed E-state index contributed by atoms with van der Waals surface area (Å²) >= 11 is 0. The lowest BCUT2D eigenvalue weighted by Crippen LogP contribution is -2.13. The first kappa shape index (κ1) is 7.73. The zero-order chi connectivity index (χ0) is 8.55. The third-order valence-corrected chi connectivity index (χ3v) is 2.28. The van der Waals surface area contributed by atoms with Gasteiger partial charge in [-0.25, -0.2) is 0 Å². The number of likely N-dealkylation sites (tertiary alicyclic amines) is 1. The molecule has 2 heterocycles. The van der Waals surface area contributed by atoms with Crippen LogP contribution in [0, 0.1) is 6.92 Å². The lowest BCUT2D eigenvalue weighted by atomic mass is 10.1. The molecule has 1 atom stereocenters. The highest BCUT2D eigenvalue weighted by molar-refractivity contribution is 4.97. The fraction of sp³-hybridized carbons (Fsp3) is 0.750. The summed E-state index contributed by atoms with van der Waals surface area (Å²) in [5, 5.41) is 3.78. The quantitative estimate of drug-likeness (QED) is 0.620. The van der Waals surface area contributed by atoms with Gasteiger partial charge < -0.3 is 9.42 Å². The highest BCUT2D eigenvalue weighted by Gasteiger charge is 2.25. The molecule has 1 saturated heterocycles. The van der Waals surface area contributed by atoms with E-state index in [4.69, 9.17) is 4.52 Å². The largest absolute Gasteiger partial charge is 0.339 e. The van der Waals surface area contributed by atoms with Crippen molar-refractivity contribution in [2.45, 2.75) is 19.3 Å². The smallest absolute Gasteiger partial charge is 0.231 e. The van der Waals surface area contributed by atoms with Crippen molar-refractivity contribution >= 4 is 0 Å². The molecule has 1 aromatic rings. The van der Waals surface area contributed by atoms with Gasteiger partial charge in [-0.3, -0.25) is 0 Å². The number of hydrogen-bond acceptors (Lipinski definition) is 4. The minimum absolute atomic E-state index is 0.455. The van der Waals surface area contributed by atoms with Crippen LogP contribution in [-0.2, 0) is 0 Å². The topological polar surface area (TPSA) is 42.2 Å². The summed E-state index contributed by atoms with van der Waals surface area (Å²) in [6.45, 7) is 4.03. The van der Waals surface area contributed by atoms with Crippen LogP contribution in [0.2, 0.25) is 0 Å². The fourth-order valence-corrected chi connectivity index (χ4v) is 1.62. The minimum atomic E-state index is 0.455. The Morgan fingerprint density at radius 1 is 1.58 bits per heavy atom. The maximum absolute atomic E-state index is 5.11. The van der Waals surface area contributed by atoms with Gasteiger partial charge in [0.1, 0.15) is 0 Å². The molecule has 4 heteroatoms.